The maximum absolute atomic E-state index is 13.3. The Balaban J connectivity index is 1.53. The van der Waals surface area contributed by atoms with Crippen molar-refractivity contribution in [1.82, 2.24) is 19.9 Å². The molecule has 0 saturated heterocycles. The second kappa shape index (κ2) is 8.69. The molecule has 4 atom stereocenters. The first-order valence-corrected chi connectivity index (χ1v) is 11.9. The van der Waals surface area contributed by atoms with Crippen molar-refractivity contribution in [2.75, 3.05) is 17.2 Å². The number of pyridine rings is 1. The molecule has 5 rings (SSSR count). The standard InChI is InChI=1S/C22H26F2N6O2S/c1-9-15(21-29-16-10(2)25-6-5-14(16)33-21)20(30-22(27-9)26-8-11-3-4-11)28-13-7-12(19(23)24)17(31)18(13)32/h5-6,11-13,17-19,31-32H,3-4,7-8H2,1-2H3,(H2,26,27,28,30)/t12-,13+,17+,18-/m0/s1. The summed E-state index contributed by atoms with van der Waals surface area (Å²) in [7, 11) is 0. The highest BCUT2D eigenvalue weighted by atomic mass is 32.1. The van der Waals surface area contributed by atoms with Crippen molar-refractivity contribution in [2.24, 2.45) is 11.8 Å². The van der Waals surface area contributed by atoms with E-state index in [1.165, 1.54) is 24.2 Å². The van der Waals surface area contributed by atoms with Gasteiger partial charge in [-0.3, -0.25) is 4.98 Å². The van der Waals surface area contributed by atoms with Crippen molar-refractivity contribution in [1.29, 1.82) is 0 Å². The lowest BCUT2D eigenvalue weighted by Crippen LogP contribution is -2.36. The highest BCUT2D eigenvalue weighted by Crippen LogP contribution is 2.39. The summed E-state index contributed by atoms with van der Waals surface area (Å²) in [5.74, 6) is 0.149. The molecule has 33 heavy (non-hydrogen) atoms. The number of halogens is 2. The number of aromatic nitrogens is 4. The van der Waals surface area contributed by atoms with Crippen LogP contribution in [-0.4, -0.2) is 61.4 Å². The summed E-state index contributed by atoms with van der Waals surface area (Å²) >= 11 is 1.47. The molecule has 2 aliphatic carbocycles. The van der Waals surface area contributed by atoms with Gasteiger partial charge in [0.1, 0.15) is 22.4 Å². The Kier molecular flexibility index (Phi) is 5.87. The van der Waals surface area contributed by atoms with Crippen molar-refractivity contribution in [2.45, 2.75) is 57.8 Å². The minimum atomic E-state index is -2.72. The molecule has 0 spiro atoms. The molecule has 2 saturated carbocycles. The minimum absolute atomic E-state index is 0.0732. The third-order valence-electron chi connectivity index (χ3n) is 6.41. The van der Waals surface area contributed by atoms with Crippen LogP contribution < -0.4 is 10.6 Å². The molecule has 0 bridgehead atoms. The molecule has 3 aromatic heterocycles. The van der Waals surface area contributed by atoms with Crippen LogP contribution in [0.15, 0.2) is 12.3 Å². The number of aryl methyl sites for hydroxylation is 2. The Morgan fingerprint density at radius 1 is 1.12 bits per heavy atom. The van der Waals surface area contributed by atoms with E-state index >= 15 is 0 Å². The van der Waals surface area contributed by atoms with Gasteiger partial charge in [0.25, 0.3) is 0 Å². The molecule has 0 aliphatic heterocycles. The van der Waals surface area contributed by atoms with Gasteiger partial charge in [0.05, 0.1) is 39.7 Å². The lowest BCUT2D eigenvalue weighted by Gasteiger charge is -2.21. The molecular weight excluding hydrogens is 450 g/mol. The molecular formula is C22H26F2N6O2S. The third kappa shape index (κ3) is 4.36. The number of rotatable bonds is 7. The van der Waals surface area contributed by atoms with Gasteiger partial charge < -0.3 is 20.8 Å². The van der Waals surface area contributed by atoms with Crippen molar-refractivity contribution < 1.29 is 19.0 Å². The molecule has 2 fully saturated rings. The number of fused-ring (bicyclic) bond motifs is 1. The number of nitrogens with one attached hydrogen (secondary N) is 2. The van der Waals surface area contributed by atoms with E-state index in [9.17, 15) is 19.0 Å². The zero-order chi connectivity index (χ0) is 23.3. The van der Waals surface area contributed by atoms with E-state index in [1.54, 1.807) is 6.20 Å². The molecule has 3 heterocycles. The van der Waals surface area contributed by atoms with Crippen LogP contribution in [-0.2, 0) is 0 Å². The fraction of sp³-hybridized carbons (Fsp3) is 0.545. The largest absolute Gasteiger partial charge is 0.390 e. The van der Waals surface area contributed by atoms with E-state index < -0.39 is 30.6 Å². The fourth-order valence-corrected chi connectivity index (χ4v) is 5.40. The average Bonchev–Trinajstić information content (AvgIpc) is 3.43. The van der Waals surface area contributed by atoms with Gasteiger partial charge in [-0.2, -0.15) is 4.98 Å². The van der Waals surface area contributed by atoms with Crippen LogP contribution in [0.5, 0.6) is 0 Å². The van der Waals surface area contributed by atoms with Crippen LogP contribution in [0.4, 0.5) is 20.5 Å². The summed E-state index contributed by atoms with van der Waals surface area (Å²) in [6, 6.07) is 1.11. The molecule has 0 amide bonds. The van der Waals surface area contributed by atoms with Crippen molar-refractivity contribution in [3.05, 3.63) is 23.7 Å². The van der Waals surface area contributed by atoms with Gasteiger partial charge in [0.15, 0.2) is 0 Å². The van der Waals surface area contributed by atoms with Crippen molar-refractivity contribution in [3.63, 3.8) is 0 Å². The highest BCUT2D eigenvalue weighted by molar-refractivity contribution is 7.21. The van der Waals surface area contributed by atoms with E-state index in [2.05, 4.69) is 25.6 Å². The lowest BCUT2D eigenvalue weighted by atomic mass is 10.1. The normalized spacial score (nSPS) is 25.2. The maximum atomic E-state index is 13.3. The minimum Gasteiger partial charge on any atom is -0.390 e. The Morgan fingerprint density at radius 3 is 2.58 bits per heavy atom. The van der Waals surface area contributed by atoms with Gasteiger partial charge in [0, 0.05) is 12.7 Å². The smallest absolute Gasteiger partial charge is 0.244 e. The topological polar surface area (TPSA) is 116 Å². The number of anilines is 2. The lowest BCUT2D eigenvalue weighted by molar-refractivity contribution is -0.0333. The highest BCUT2D eigenvalue weighted by Gasteiger charge is 2.46. The van der Waals surface area contributed by atoms with Gasteiger partial charge >= 0.3 is 0 Å². The molecule has 0 radical (unpaired) electrons. The Labute approximate surface area is 193 Å². The van der Waals surface area contributed by atoms with E-state index in [0.717, 1.165) is 22.5 Å². The predicted octanol–water partition coefficient (Wildman–Crippen LogP) is 3.37. The third-order valence-corrected chi connectivity index (χ3v) is 7.45. The number of aliphatic hydroxyl groups excluding tert-OH is 2. The molecule has 11 heteroatoms. The first kappa shape index (κ1) is 22.3. The molecule has 4 N–H and O–H groups in total. The molecule has 176 valence electrons. The summed E-state index contributed by atoms with van der Waals surface area (Å²) in [6.07, 6.45) is -1.55. The Hall–Kier alpha value is -2.50. The van der Waals surface area contributed by atoms with Crippen LogP contribution in [0.2, 0.25) is 0 Å². The van der Waals surface area contributed by atoms with Gasteiger partial charge in [0.2, 0.25) is 12.4 Å². The van der Waals surface area contributed by atoms with Gasteiger partial charge in [-0.05, 0) is 45.1 Å². The van der Waals surface area contributed by atoms with Crippen LogP contribution >= 0.6 is 11.3 Å². The van der Waals surface area contributed by atoms with Crippen molar-refractivity contribution in [3.8, 4) is 10.6 Å². The quantitative estimate of drug-likeness (QED) is 0.410. The second-order valence-electron chi connectivity index (χ2n) is 8.91. The van der Waals surface area contributed by atoms with Crippen LogP contribution in [0.3, 0.4) is 0 Å². The van der Waals surface area contributed by atoms with Crippen molar-refractivity contribution >= 4 is 33.3 Å². The van der Waals surface area contributed by atoms with Crippen LogP contribution in [0, 0.1) is 25.7 Å². The Morgan fingerprint density at radius 2 is 1.91 bits per heavy atom. The van der Waals surface area contributed by atoms with Gasteiger partial charge in [-0.1, -0.05) is 0 Å². The maximum Gasteiger partial charge on any atom is 0.244 e. The summed E-state index contributed by atoms with van der Waals surface area (Å²) in [6.45, 7) is 4.51. The first-order valence-electron chi connectivity index (χ1n) is 11.1. The van der Waals surface area contributed by atoms with E-state index in [1.807, 2.05) is 19.9 Å². The monoisotopic (exact) mass is 476 g/mol. The van der Waals surface area contributed by atoms with Crippen LogP contribution in [0.1, 0.15) is 30.7 Å². The van der Waals surface area contributed by atoms with Gasteiger partial charge in [-0.25, -0.2) is 18.7 Å². The molecule has 0 unspecified atom stereocenters. The number of hydrogen-bond donors (Lipinski definition) is 4. The Bertz CT molecular complexity index is 1170. The number of nitrogens with zero attached hydrogens (tertiary/aromatic N) is 4. The number of alkyl halides is 2. The molecule has 2 aliphatic rings. The SMILES string of the molecule is Cc1nc(NCC2CC2)nc(N[C@@H]2C[C@H](C(F)F)[C@@H](O)[C@H]2O)c1-c1nc2c(C)nccc2s1. The zero-order valence-electron chi connectivity index (χ0n) is 18.3. The average molecular weight is 477 g/mol. The zero-order valence-corrected chi connectivity index (χ0v) is 19.1. The number of aliphatic hydroxyl groups is 2. The second-order valence-corrected chi connectivity index (χ2v) is 9.94. The van der Waals surface area contributed by atoms with E-state index in [-0.39, 0.29) is 6.42 Å². The predicted molar refractivity (Wildman–Crippen MR) is 123 cm³/mol. The summed E-state index contributed by atoms with van der Waals surface area (Å²) < 4.78 is 27.6. The molecule has 3 aromatic rings. The summed E-state index contributed by atoms with van der Waals surface area (Å²) in [5.41, 5.74) is 2.91. The first-order chi connectivity index (χ1) is 15.8. The number of hydrogen-bond acceptors (Lipinski definition) is 9. The molecule has 0 aromatic carbocycles. The van der Waals surface area contributed by atoms with E-state index in [4.69, 9.17) is 4.98 Å². The van der Waals surface area contributed by atoms with E-state index in [0.29, 0.717) is 33.9 Å². The van der Waals surface area contributed by atoms with Gasteiger partial charge in [-0.15, -0.1) is 11.3 Å². The number of thiazole rings is 1. The fourth-order valence-electron chi connectivity index (χ4n) is 4.29. The summed E-state index contributed by atoms with van der Waals surface area (Å²) in [5, 5.41) is 27.6. The van der Waals surface area contributed by atoms with Crippen LogP contribution in [0.25, 0.3) is 20.8 Å². The summed E-state index contributed by atoms with van der Waals surface area (Å²) in [4.78, 5) is 18.3. The molecule has 8 nitrogen and oxygen atoms in total.